The van der Waals surface area contributed by atoms with Crippen molar-refractivity contribution in [2.45, 2.75) is 19.9 Å². The lowest BCUT2D eigenvalue weighted by molar-refractivity contribution is -0.114. The van der Waals surface area contributed by atoms with Crippen LogP contribution in [0, 0.1) is 6.92 Å². The number of H-pyrrole nitrogens is 1. The second-order valence-corrected chi connectivity index (χ2v) is 7.26. The van der Waals surface area contributed by atoms with Gasteiger partial charge in [-0.1, -0.05) is 11.2 Å². The predicted molar refractivity (Wildman–Crippen MR) is 111 cm³/mol. The summed E-state index contributed by atoms with van der Waals surface area (Å²) in [6.07, 6.45) is 1.22. The highest BCUT2D eigenvalue weighted by atomic mass is 16.5. The van der Waals surface area contributed by atoms with Crippen LogP contribution in [0.4, 0.5) is 11.5 Å². The Morgan fingerprint density at radius 3 is 3.00 bits per heavy atom. The molecule has 0 fully saturated rings. The fourth-order valence-electron chi connectivity index (χ4n) is 3.35. The van der Waals surface area contributed by atoms with Crippen molar-refractivity contribution in [2.24, 2.45) is 0 Å². The molecule has 0 radical (unpaired) electrons. The first kappa shape index (κ1) is 18.7. The van der Waals surface area contributed by atoms with Gasteiger partial charge in [-0.2, -0.15) is 0 Å². The number of amides is 2. The number of nitrogens with zero attached hydrogens (tertiary/aromatic N) is 4. The van der Waals surface area contributed by atoms with E-state index in [1.807, 2.05) is 25.1 Å². The van der Waals surface area contributed by atoms with Crippen molar-refractivity contribution >= 4 is 34.4 Å². The van der Waals surface area contributed by atoms with Gasteiger partial charge in [-0.3, -0.25) is 9.59 Å². The zero-order valence-corrected chi connectivity index (χ0v) is 16.7. The lowest BCUT2D eigenvalue weighted by atomic mass is 10.2. The van der Waals surface area contributed by atoms with Crippen molar-refractivity contribution in [1.82, 2.24) is 30.4 Å². The zero-order chi connectivity index (χ0) is 21.5. The van der Waals surface area contributed by atoms with Gasteiger partial charge in [0.05, 0.1) is 23.6 Å². The molecule has 2 amide bonds. The van der Waals surface area contributed by atoms with E-state index >= 15 is 0 Å². The van der Waals surface area contributed by atoms with Gasteiger partial charge in [-0.05, 0) is 31.5 Å². The van der Waals surface area contributed by atoms with Gasteiger partial charge in [0, 0.05) is 6.07 Å². The molecule has 0 saturated heterocycles. The van der Waals surface area contributed by atoms with Gasteiger partial charge in [0.25, 0.3) is 5.91 Å². The molecular weight excluding hydrogens is 400 g/mol. The highest BCUT2D eigenvalue weighted by Gasteiger charge is 2.25. The number of rotatable bonds is 4. The molecule has 31 heavy (non-hydrogen) atoms. The molecule has 11 nitrogen and oxygen atoms in total. The molecule has 11 heteroatoms. The van der Waals surface area contributed by atoms with Gasteiger partial charge < -0.3 is 25.5 Å². The van der Waals surface area contributed by atoms with E-state index in [-0.39, 0.29) is 24.0 Å². The summed E-state index contributed by atoms with van der Waals surface area (Å²) >= 11 is 0. The van der Waals surface area contributed by atoms with E-state index in [0.717, 1.165) is 16.6 Å². The van der Waals surface area contributed by atoms with Crippen molar-refractivity contribution in [1.29, 1.82) is 0 Å². The van der Waals surface area contributed by atoms with E-state index in [0.29, 0.717) is 23.0 Å². The zero-order valence-electron chi connectivity index (χ0n) is 16.7. The number of nitrogens with one attached hydrogen (secondary N) is 4. The van der Waals surface area contributed by atoms with Crippen LogP contribution in [-0.2, 0) is 4.79 Å². The number of aromatic amines is 1. The summed E-state index contributed by atoms with van der Waals surface area (Å²) in [6, 6.07) is 7.18. The molecule has 0 saturated carbocycles. The number of hydrogen-bond donors (Lipinski definition) is 4. The number of fused-ring (bicyclic) bond motifs is 2. The maximum atomic E-state index is 12.8. The van der Waals surface area contributed by atoms with E-state index in [1.54, 1.807) is 13.0 Å². The second kappa shape index (κ2) is 7.20. The van der Waals surface area contributed by atoms with Gasteiger partial charge in [-0.25, -0.2) is 15.0 Å². The lowest BCUT2D eigenvalue weighted by Crippen LogP contribution is -2.33. The number of hydrogen-bond acceptors (Lipinski definition) is 8. The molecule has 1 atom stereocenters. The molecule has 1 aromatic carbocycles. The Bertz CT molecular complexity index is 1330. The van der Waals surface area contributed by atoms with Gasteiger partial charge >= 0.3 is 0 Å². The Kier molecular flexibility index (Phi) is 4.35. The molecular formula is C20H18N8O3. The highest BCUT2D eigenvalue weighted by molar-refractivity contribution is 6.06. The number of benzene rings is 1. The summed E-state index contributed by atoms with van der Waals surface area (Å²) < 4.78 is 5.43. The summed E-state index contributed by atoms with van der Waals surface area (Å²) in [7, 11) is 0. The summed E-state index contributed by atoms with van der Waals surface area (Å²) in [5, 5.41) is 12.4. The van der Waals surface area contributed by atoms with Crippen molar-refractivity contribution in [2.75, 3.05) is 17.2 Å². The number of aryl methyl sites for hydroxylation is 1. The van der Waals surface area contributed by atoms with E-state index in [1.165, 1.54) is 6.33 Å². The molecule has 4 aromatic rings. The number of imidazole rings is 1. The molecule has 1 aliphatic rings. The van der Waals surface area contributed by atoms with E-state index in [9.17, 15) is 9.59 Å². The summed E-state index contributed by atoms with van der Waals surface area (Å²) in [5.74, 6) is 0.641. The largest absolute Gasteiger partial charge is 0.371 e. The Morgan fingerprint density at radius 2 is 2.13 bits per heavy atom. The molecule has 1 aliphatic heterocycles. The minimum atomic E-state index is -0.482. The fourth-order valence-corrected chi connectivity index (χ4v) is 3.35. The third-order valence-electron chi connectivity index (χ3n) is 4.93. The number of carbonyl (C=O) groups excluding carboxylic acids is 2. The quantitative estimate of drug-likeness (QED) is 0.394. The summed E-state index contributed by atoms with van der Waals surface area (Å²) in [4.78, 5) is 40.1. The Morgan fingerprint density at radius 1 is 1.26 bits per heavy atom. The summed E-state index contributed by atoms with van der Waals surface area (Å²) in [5.41, 5.74) is 3.91. The third-order valence-corrected chi connectivity index (χ3v) is 4.93. The maximum absolute atomic E-state index is 12.8. The molecule has 156 valence electrons. The number of aromatic nitrogens is 5. The van der Waals surface area contributed by atoms with Crippen molar-refractivity contribution in [3.63, 3.8) is 0 Å². The van der Waals surface area contributed by atoms with E-state index in [2.05, 4.69) is 41.0 Å². The molecule has 0 unspecified atom stereocenters. The molecule has 0 aliphatic carbocycles. The average Bonchev–Trinajstić information content (AvgIpc) is 3.39. The van der Waals surface area contributed by atoms with Crippen LogP contribution in [0.25, 0.3) is 22.6 Å². The number of carbonyl (C=O) groups is 2. The van der Waals surface area contributed by atoms with Gasteiger partial charge in [-0.15, -0.1) is 0 Å². The maximum Gasteiger partial charge on any atom is 0.272 e. The molecule has 0 spiro atoms. The smallest absolute Gasteiger partial charge is 0.272 e. The Hall–Kier alpha value is -4.28. The average molecular weight is 418 g/mol. The molecule has 0 bridgehead atoms. The van der Waals surface area contributed by atoms with Crippen LogP contribution in [0.1, 0.15) is 34.8 Å². The standard InChI is InChI=1S/C20H18N8O3/c1-9-3-4-11-12(5-9)26-18(25-11)13-6-14(31-28-13)10(2)24-20(30)17-16-19(23-8-22-17)27-15(29)7-21-16/h3-6,8,10,21H,7H2,1-2H3,(H,24,30)(H,25,26)(H,22,23,27,29)/t10-/m1/s1. The predicted octanol–water partition coefficient (Wildman–Crippen LogP) is 2.17. The van der Waals surface area contributed by atoms with Gasteiger partial charge in [0.15, 0.2) is 23.1 Å². The van der Waals surface area contributed by atoms with Crippen LogP contribution in [-0.4, -0.2) is 43.5 Å². The first-order valence-corrected chi connectivity index (χ1v) is 9.61. The van der Waals surface area contributed by atoms with Crippen LogP contribution in [0.2, 0.25) is 0 Å². The number of anilines is 2. The van der Waals surface area contributed by atoms with Crippen molar-refractivity contribution in [3.05, 3.63) is 47.6 Å². The van der Waals surface area contributed by atoms with Crippen LogP contribution >= 0.6 is 0 Å². The van der Waals surface area contributed by atoms with Gasteiger partial charge in [0.2, 0.25) is 5.91 Å². The third kappa shape index (κ3) is 3.45. The highest BCUT2D eigenvalue weighted by Crippen LogP contribution is 2.26. The molecule has 4 N–H and O–H groups in total. The monoisotopic (exact) mass is 418 g/mol. The summed E-state index contributed by atoms with van der Waals surface area (Å²) in [6.45, 7) is 3.82. The van der Waals surface area contributed by atoms with Crippen LogP contribution in [0.15, 0.2) is 35.1 Å². The van der Waals surface area contributed by atoms with Gasteiger partial charge in [0.1, 0.15) is 17.7 Å². The SMILES string of the molecule is Cc1ccc2nc(-c3cc([C@@H](C)NC(=O)c4ncnc5c4NCC(=O)N5)on3)[nH]c2c1. The fraction of sp³-hybridized carbons (Fsp3) is 0.200. The lowest BCUT2D eigenvalue weighted by Gasteiger charge is -2.19. The van der Waals surface area contributed by atoms with E-state index in [4.69, 9.17) is 4.52 Å². The van der Waals surface area contributed by atoms with Crippen LogP contribution in [0.5, 0.6) is 0 Å². The molecule has 4 heterocycles. The first-order chi connectivity index (χ1) is 15.0. The Balaban J connectivity index is 1.35. The minimum Gasteiger partial charge on any atom is -0.371 e. The topological polar surface area (TPSA) is 151 Å². The van der Waals surface area contributed by atoms with Crippen molar-refractivity contribution in [3.8, 4) is 11.5 Å². The normalized spacial score (nSPS) is 13.9. The van der Waals surface area contributed by atoms with Crippen LogP contribution in [0.3, 0.4) is 0 Å². The van der Waals surface area contributed by atoms with Crippen molar-refractivity contribution < 1.29 is 14.1 Å². The first-order valence-electron chi connectivity index (χ1n) is 9.61. The minimum absolute atomic E-state index is 0.0404. The van der Waals surface area contributed by atoms with Crippen LogP contribution < -0.4 is 16.0 Å². The Labute approximate surface area is 175 Å². The molecule has 5 rings (SSSR count). The second-order valence-electron chi connectivity index (χ2n) is 7.26. The van der Waals surface area contributed by atoms with E-state index < -0.39 is 11.9 Å². The molecule has 3 aromatic heterocycles.